The molecule has 0 aliphatic heterocycles. The summed E-state index contributed by atoms with van der Waals surface area (Å²) in [5.41, 5.74) is 0.147. The molecule has 7 heteroatoms. The van der Waals surface area contributed by atoms with E-state index in [0.717, 1.165) is 0 Å². The van der Waals surface area contributed by atoms with Gasteiger partial charge in [-0.2, -0.15) is 0 Å². The Balaban J connectivity index is 2.32. The highest BCUT2D eigenvalue weighted by Crippen LogP contribution is 2.05. The number of carbonyl (C=O) groups excluding carboxylic acids is 1. The van der Waals surface area contributed by atoms with Crippen molar-refractivity contribution < 1.29 is 14.7 Å². The van der Waals surface area contributed by atoms with Gasteiger partial charge in [0.2, 0.25) is 0 Å². The Bertz CT molecular complexity index is 439. The maximum atomic E-state index is 11.6. The number of aliphatic carboxylic acids is 1. The van der Waals surface area contributed by atoms with E-state index in [2.05, 4.69) is 15.3 Å². The molecule has 0 saturated heterocycles. The van der Waals surface area contributed by atoms with Gasteiger partial charge in [0.05, 0.1) is 18.3 Å². The highest BCUT2D eigenvalue weighted by atomic mass is 35.5. The zero-order valence-corrected chi connectivity index (χ0v) is 10.6. The molecule has 0 spiro atoms. The van der Waals surface area contributed by atoms with Crippen molar-refractivity contribution in [1.29, 1.82) is 0 Å². The molecule has 0 radical (unpaired) electrons. The molecule has 1 unspecified atom stereocenters. The maximum Gasteiger partial charge on any atom is 0.306 e. The Morgan fingerprint density at radius 3 is 2.83 bits per heavy atom. The Kier molecular flexibility index (Phi) is 5.51. The molecule has 0 aliphatic carbocycles. The summed E-state index contributed by atoms with van der Waals surface area (Å²) in [7, 11) is 0. The van der Waals surface area contributed by atoms with Gasteiger partial charge in [0.25, 0.3) is 5.91 Å². The van der Waals surface area contributed by atoms with E-state index >= 15 is 0 Å². The second-order valence-corrected chi connectivity index (χ2v) is 4.25. The molecule has 1 atom stereocenters. The van der Waals surface area contributed by atoms with E-state index < -0.39 is 11.9 Å². The number of aromatic nitrogens is 2. The monoisotopic (exact) mass is 271 g/mol. The van der Waals surface area contributed by atoms with Gasteiger partial charge >= 0.3 is 5.97 Å². The Labute approximate surface area is 109 Å². The lowest BCUT2D eigenvalue weighted by Crippen LogP contribution is -2.26. The van der Waals surface area contributed by atoms with Crippen LogP contribution in [0.4, 0.5) is 0 Å². The fraction of sp³-hybridized carbons (Fsp3) is 0.455. The van der Waals surface area contributed by atoms with E-state index in [4.69, 9.17) is 16.7 Å². The lowest BCUT2D eigenvalue weighted by atomic mass is 10.1. The molecule has 98 valence electrons. The van der Waals surface area contributed by atoms with Gasteiger partial charge in [0.15, 0.2) is 0 Å². The van der Waals surface area contributed by atoms with Crippen molar-refractivity contribution in [1.82, 2.24) is 15.3 Å². The van der Waals surface area contributed by atoms with E-state index in [0.29, 0.717) is 19.4 Å². The van der Waals surface area contributed by atoms with Crippen LogP contribution in [0, 0.1) is 5.92 Å². The molecular formula is C11H14ClN3O3. The lowest BCUT2D eigenvalue weighted by Gasteiger charge is -2.07. The fourth-order valence-corrected chi connectivity index (χ4v) is 1.42. The van der Waals surface area contributed by atoms with Crippen molar-refractivity contribution in [2.24, 2.45) is 5.92 Å². The van der Waals surface area contributed by atoms with Crippen molar-refractivity contribution in [2.75, 3.05) is 6.54 Å². The predicted octanol–water partition coefficient (Wildman–Crippen LogP) is 1.36. The third-order valence-corrected chi connectivity index (χ3v) is 2.54. The number of amides is 1. The highest BCUT2D eigenvalue weighted by Gasteiger charge is 2.11. The van der Waals surface area contributed by atoms with Crippen LogP contribution >= 0.6 is 11.6 Å². The maximum absolute atomic E-state index is 11.6. The average molecular weight is 272 g/mol. The van der Waals surface area contributed by atoms with E-state index in [1.54, 1.807) is 6.92 Å². The molecular weight excluding hydrogens is 258 g/mol. The average Bonchev–Trinajstić information content (AvgIpc) is 2.33. The highest BCUT2D eigenvalue weighted by molar-refractivity contribution is 6.29. The van der Waals surface area contributed by atoms with Crippen molar-refractivity contribution in [2.45, 2.75) is 19.8 Å². The zero-order chi connectivity index (χ0) is 13.5. The van der Waals surface area contributed by atoms with Crippen LogP contribution in [0.5, 0.6) is 0 Å². The second-order valence-electron chi connectivity index (χ2n) is 3.86. The molecule has 2 N–H and O–H groups in total. The van der Waals surface area contributed by atoms with Crippen LogP contribution < -0.4 is 5.32 Å². The van der Waals surface area contributed by atoms with E-state index in [1.807, 2.05) is 0 Å². The van der Waals surface area contributed by atoms with Crippen molar-refractivity contribution in [3.8, 4) is 0 Å². The van der Waals surface area contributed by atoms with Gasteiger partial charge in [-0.3, -0.25) is 14.6 Å². The first kappa shape index (κ1) is 14.4. The topological polar surface area (TPSA) is 92.2 Å². The van der Waals surface area contributed by atoms with Gasteiger partial charge < -0.3 is 10.4 Å². The van der Waals surface area contributed by atoms with Gasteiger partial charge in [-0.15, -0.1) is 0 Å². The van der Waals surface area contributed by atoms with Crippen LogP contribution in [0.25, 0.3) is 0 Å². The normalized spacial score (nSPS) is 11.9. The first-order valence-electron chi connectivity index (χ1n) is 5.49. The second kappa shape index (κ2) is 6.90. The Morgan fingerprint density at radius 2 is 2.22 bits per heavy atom. The first-order valence-corrected chi connectivity index (χ1v) is 5.87. The van der Waals surface area contributed by atoms with Gasteiger partial charge in [-0.05, 0) is 12.8 Å². The van der Waals surface area contributed by atoms with Gasteiger partial charge in [0.1, 0.15) is 10.8 Å². The number of carbonyl (C=O) groups is 2. The summed E-state index contributed by atoms with van der Waals surface area (Å²) < 4.78 is 0. The van der Waals surface area contributed by atoms with Crippen LogP contribution in [0.15, 0.2) is 12.4 Å². The summed E-state index contributed by atoms with van der Waals surface area (Å²) in [5, 5.41) is 11.5. The molecule has 0 aliphatic rings. The van der Waals surface area contributed by atoms with Crippen LogP contribution in [0.2, 0.25) is 5.15 Å². The number of halogens is 1. The summed E-state index contributed by atoms with van der Waals surface area (Å²) >= 11 is 5.61. The minimum absolute atomic E-state index is 0.147. The minimum Gasteiger partial charge on any atom is -0.481 e. The summed E-state index contributed by atoms with van der Waals surface area (Å²) in [6.45, 7) is 2.03. The lowest BCUT2D eigenvalue weighted by molar-refractivity contribution is -0.141. The number of nitrogens with one attached hydrogen (secondary N) is 1. The van der Waals surface area contributed by atoms with Gasteiger partial charge in [0, 0.05) is 6.54 Å². The molecule has 1 aromatic rings. The van der Waals surface area contributed by atoms with Crippen molar-refractivity contribution >= 4 is 23.5 Å². The summed E-state index contributed by atoms with van der Waals surface area (Å²) in [5.74, 6) is -1.61. The van der Waals surface area contributed by atoms with E-state index in [1.165, 1.54) is 12.4 Å². The van der Waals surface area contributed by atoms with Crippen LogP contribution in [0.3, 0.4) is 0 Å². The van der Waals surface area contributed by atoms with Crippen LogP contribution in [0.1, 0.15) is 30.3 Å². The molecule has 1 aromatic heterocycles. The third kappa shape index (κ3) is 4.67. The number of hydrogen-bond acceptors (Lipinski definition) is 4. The molecule has 1 heterocycles. The molecule has 1 amide bonds. The Hall–Kier alpha value is -1.69. The molecule has 0 fully saturated rings. The molecule has 0 saturated carbocycles. The van der Waals surface area contributed by atoms with Crippen molar-refractivity contribution in [3.63, 3.8) is 0 Å². The molecule has 6 nitrogen and oxygen atoms in total. The number of rotatable bonds is 6. The zero-order valence-electron chi connectivity index (χ0n) is 9.89. The standard InChI is InChI=1S/C11H14ClN3O3/c1-7(11(17)18)3-2-4-14-10(16)8-5-13-6-9(12)15-8/h5-7H,2-4H2,1H3,(H,14,16)(H,17,18). The molecule has 0 bridgehead atoms. The largest absolute Gasteiger partial charge is 0.481 e. The molecule has 1 rings (SSSR count). The van der Waals surface area contributed by atoms with Gasteiger partial charge in [-0.25, -0.2) is 4.98 Å². The number of carboxylic acid groups (broad SMARTS) is 1. The number of hydrogen-bond donors (Lipinski definition) is 2. The summed E-state index contributed by atoms with van der Waals surface area (Å²) in [6.07, 6.45) is 3.76. The molecule has 18 heavy (non-hydrogen) atoms. The summed E-state index contributed by atoms with van der Waals surface area (Å²) in [6, 6.07) is 0. The van der Waals surface area contributed by atoms with E-state index in [9.17, 15) is 9.59 Å². The van der Waals surface area contributed by atoms with E-state index in [-0.39, 0.29) is 16.8 Å². The van der Waals surface area contributed by atoms with Crippen LogP contribution in [-0.2, 0) is 4.79 Å². The number of carboxylic acids is 1. The smallest absolute Gasteiger partial charge is 0.306 e. The van der Waals surface area contributed by atoms with Gasteiger partial charge in [-0.1, -0.05) is 18.5 Å². The van der Waals surface area contributed by atoms with Crippen molar-refractivity contribution in [3.05, 3.63) is 23.2 Å². The van der Waals surface area contributed by atoms with Crippen LogP contribution in [-0.4, -0.2) is 33.5 Å². The summed E-state index contributed by atoms with van der Waals surface area (Å²) in [4.78, 5) is 29.7. The molecule has 0 aromatic carbocycles. The minimum atomic E-state index is -0.831. The third-order valence-electron chi connectivity index (χ3n) is 2.36. The first-order chi connectivity index (χ1) is 8.50. The Morgan fingerprint density at radius 1 is 1.50 bits per heavy atom. The fourth-order valence-electron chi connectivity index (χ4n) is 1.28. The SMILES string of the molecule is CC(CCCNC(=O)c1cncc(Cl)n1)C(=O)O. The number of nitrogens with zero attached hydrogens (tertiary/aromatic N) is 2. The predicted molar refractivity (Wildman–Crippen MR) is 65.4 cm³/mol. The quantitative estimate of drug-likeness (QED) is 0.762.